The predicted octanol–water partition coefficient (Wildman–Crippen LogP) is 5.92. The summed E-state index contributed by atoms with van der Waals surface area (Å²) in [4.78, 5) is 21.5. The van der Waals surface area contributed by atoms with Crippen molar-refractivity contribution in [2.75, 3.05) is 5.32 Å². The van der Waals surface area contributed by atoms with Crippen molar-refractivity contribution in [1.82, 2.24) is 14.5 Å². The van der Waals surface area contributed by atoms with Crippen LogP contribution in [-0.4, -0.2) is 20.4 Å². The summed E-state index contributed by atoms with van der Waals surface area (Å²) in [5.74, 6) is -0.146. The molecule has 6 heteroatoms. The topological polar surface area (TPSA) is 59.8 Å². The molecule has 3 heterocycles. The van der Waals surface area contributed by atoms with Gasteiger partial charge in [-0.1, -0.05) is 12.1 Å². The minimum atomic E-state index is -0.146. The molecule has 0 saturated heterocycles. The van der Waals surface area contributed by atoms with Gasteiger partial charge < -0.3 is 9.88 Å². The summed E-state index contributed by atoms with van der Waals surface area (Å²) >= 11 is 1.59. The highest BCUT2D eigenvalue weighted by Crippen LogP contribution is 2.29. The van der Waals surface area contributed by atoms with E-state index in [2.05, 4.69) is 10.3 Å². The van der Waals surface area contributed by atoms with Crippen molar-refractivity contribution < 1.29 is 4.79 Å². The largest absolute Gasteiger partial charge is 0.324 e. The van der Waals surface area contributed by atoms with Crippen LogP contribution in [0.15, 0.2) is 103 Å². The normalized spacial score (nSPS) is 10.7. The smallest absolute Gasteiger partial charge is 0.255 e. The summed E-state index contributed by atoms with van der Waals surface area (Å²) in [7, 11) is 0. The third kappa shape index (κ3) is 4.15. The maximum absolute atomic E-state index is 12.7. The lowest BCUT2D eigenvalue weighted by atomic mass is 10.1. The molecule has 0 aliphatic heterocycles. The summed E-state index contributed by atoms with van der Waals surface area (Å²) < 4.78 is 2.00. The molecule has 2 aromatic carbocycles. The van der Waals surface area contributed by atoms with Crippen LogP contribution in [0.3, 0.4) is 0 Å². The van der Waals surface area contributed by atoms with Gasteiger partial charge in [-0.15, -0.1) is 11.3 Å². The van der Waals surface area contributed by atoms with Crippen LogP contribution in [0.5, 0.6) is 0 Å². The van der Waals surface area contributed by atoms with E-state index in [-0.39, 0.29) is 5.91 Å². The second-order valence-corrected chi connectivity index (χ2v) is 7.80. The Morgan fingerprint density at radius 2 is 1.65 bits per heavy atom. The van der Waals surface area contributed by atoms with Crippen molar-refractivity contribution in [2.45, 2.75) is 0 Å². The summed E-state index contributed by atoms with van der Waals surface area (Å²) in [6.45, 7) is 0. The van der Waals surface area contributed by atoms with E-state index in [1.165, 1.54) is 0 Å². The van der Waals surface area contributed by atoms with Gasteiger partial charge in [-0.2, -0.15) is 0 Å². The quantitative estimate of drug-likeness (QED) is 0.383. The Bertz CT molecular complexity index is 1310. The molecule has 0 aliphatic carbocycles. The molecule has 0 atom stereocenters. The molecule has 1 amide bonds. The van der Waals surface area contributed by atoms with Gasteiger partial charge in [0, 0.05) is 58.2 Å². The fourth-order valence-electron chi connectivity index (χ4n) is 3.28. The average Bonchev–Trinajstić information content (AvgIpc) is 3.53. The summed E-state index contributed by atoms with van der Waals surface area (Å²) in [6.07, 6.45) is 7.47. The first-order valence-corrected chi connectivity index (χ1v) is 10.7. The lowest BCUT2D eigenvalue weighted by molar-refractivity contribution is 0.102. The number of amides is 1. The Labute approximate surface area is 183 Å². The van der Waals surface area contributed by atoms with Gasteiger partial charge in [-0.25, -0.2) is 4.98 Å². The Morgan fingerprint density at radius 3 is 2.42 bits per heavy atom. The number of pyridine rings is 1. The zero-order chi connectivity index (χ0) is 21.0. The molecular weight excluding hydrogens is 404 g/mol. The zero-order valence-corrected chi connectivity index (χ0v) is 17.3. The molecule has 0 spiro atoms. The Morgan fingerprint density at radius 1 is 0.871 bits per heavy atom. The molecule has 0 bridgehead atoms. The van der Waals surface area contributed by atoms with Crippen molar-refractivity contribution in [1.29, 1.82) is 0 Å². The molecule has 5 rings (SSSR count). The van der Waals surface area contributed by atoms with E-state index in [1.807, 2.05) is 95.1 Å². The van der Waals surface area contributed by atoms with Gasteiger partial charge in [0.2, 0.25) is 0 Å². The number of carbonyl (C=O) groups is 1. The zero-order valence-electron chi connectivity index (χ0n) is 16.5. The minimum Gasteiger partial charge on any atom is -0.324 e. The highest BCUT2D eigenvalue weighted by Gasteiger charge is 2.10. The molecule has 3 aromatic heterocycles. The molecule has 31 heavy (non-hydrogen) atoms. The van der Waals surface area contributed by atoms with Crippen LogP contribution in [0.25, 0.3) is 27.5 Å². The number of nitrogens with zero attached hydrogens (tertiary/aromatic N) is 3. The van der Waals surface area contributed by atoms with E-state index in [4.69, 9.17) is 4.98 Å². The molecule has 0 fully saturated rings. The number of hydrogen-bond donors (Lipinski definition) is 1. The van der Waals surface area contributed by atoms with Crippen molar-refractivity contribution in [3.8, 4) is 27.5 Å². The summed E-state index contributed by atoms with van der Waals surface area (Å²) in [6, 6.07) is 23.1. The van der Waals surface area contributed by atoms with E-state index >= 15 is 0 Å². The SMILES string of the molecule is O=C(Nc1cccc(-c2csc(-c3ccncc3)n2)c1)c1ccc(-n2cccc2)cc1. The van der Waals surface area contributed by atoms with E-state index in [0.717, 1.165) is 33.2 Å². The third-order valence-electron chi connectivity index (χ3n) is 4.88. The Hall–Kier alpha value is -4.03. The van der Waals surface area contributed by atoms with Gasteiger partial charge >= 0.3 is 0 Å². The lowest BCUT2D eigenvalue weighted by Crippen LogP contribution is -2.11. The van der Waals surface area contributed by atoms with Crippen LogP contribution in [0, 0.1) is 0 Å². The molecular formula is C25H18N4OS. The van der Waals surface area contributed by atoms with E-state index in [1.54, 1.807) is 23.7 Å². The number of thiazole rings is 1. The van der Waals surface area contributed by atoms with Crippen LogP contribution in [0.2, 0.25) is 0 Å². The van der Waals surface area contributed by atoms with Crippen LogP contribution in [0.1, 0.15) is 10.4 Å². The number of benzene rings is 2. The first-order valence-electron chi connectivity index (χ1n) is 9.77. The fraction of sp³-hybridized carbons (Fsp3) is 0. The highest BCUT2D eigenvalue weighted by atomic mass is 32.1. The van der Waals surface area contributed by atoms with Crippen LogP contribution in [0.4, 0.5) is 5.69 Å². The van der Waals surface area contributed by atoms with Gasteiger partial charge in [-0.3, -0.25) is 9.78 Å². The van der Waals surface area contributed by atoms with Gasteiger partial charge in [0.1, 0.15) is 5.01 Å². The second-order valence-electron chi connectivity index (χ2n) is 6.95. The van der Waals surface area contributed by atoms with Gasteiger partial charge in [0.15, 0.2) is 0 Å². The molecule has 0 saturated carbocycles. The van der Waals surface area contributed by atoms with Crippen LogP contribution in [-0.2, 0) is 0 Å². The Kier molecular flexibility index (Phi) is 5.12. The number of aromatic nitrogens is 3. The number of carbonyl (C=O) groups excluding carboxylic acids is 1. The van der Waals surface area contributed by atoms with Gasteiger partial charge in [0.25, 0.3) is 5.91 Å². The highest BCUT2D eigenvalue weighted by molar-refractivity contribution is 7.13. The van der Waals surface area contributed by atoms with Crippen molar-refractivity contribution in [3.63, 3.8) is 0 Å². The van der Waals surface area contributed by atoms with Gasteiger partial charge in [0.05, 0.1) is 5.69 Å². The van der Waals surface area contributed by atoms with Crippen molar-refractivity contribution in [3.05, 3.63) is 109 Å². The van der Waals surface area contributed by atoms with E-state index in [9.17, 15) is 4.79 Å². The van der Waals surface area contributed by atoms with Gasteiger partial charge in [-0.05, 0) is 60.7 Å². The number of hydrogen-bond acceptors (Lipinski definition) is 4. The third-order valence-corrected chi connectivity index (χ3v) is 5.77. The standard InChI is InChI=1S/C25H18N4OS/c30-24(18-6-8-22(9-7-18)29-14-1-2-15-29)27-21-5-3-4-20(16-21)23-17-31-25(28-23)19-10-12-26-13-11-19/h1-17H,(H,27,30). The fourth-order valence-corrected chi connectivity index (χ4v) is 4.12. The second kappa shape index (κ2) is 8.38. The number of nitrogens with one attached hydrogen (secondary N) is 1. The van der Waals surface area contributed by atoms with E-state index in [0.29, 0.717) is 5.56 Å². The molecule has 5 aromatic rings. The summed E-state index contributed by atoms with van der Waals surface area (Å²) in [5, 5.41) is 5.95. The first kappa shape index (κ1) is 19.0. The summed E-state index contributed by atoms with van der Waals surface area (Å²) in [5.41, 5.74) is 5.22. The lowest BCUT2D eigenvalue weighted by Gasteiger charge is -2.08. The molecule has 1 N–H and O–H groups in total. The molecule has 150 valence electrons. The monoisotopic (exact) mass is 422 g/mol. The first-order chi connectivity index (χ1) is 15.3. The van der Waals surface area contributed by atoms with Crippen molar-refractivity contribution >= 4 is 22.9 Å². The van der Waals surface area contributed by atoms with Crippen molar-refractivity contribution in [2.24, 2.45) is 0 Å². The van der Waals surface area contributed by atoms with Crippen LogP contribution < -0.4 is 5.32 Å². The van der Waals surface area contributed by atoms with Crippen LogP contribution >= 0.6 is 11.3 Å². The number of anilines is 1. The average molecular weight is 423 g/mol. The molecule has 0 aliphatic rings. The molecule has 0 radical (unpaired) electrons. The number of rotatable bonds is 5. The van der Waals surface area contributed by atoms with E-state index < -0.39 is 0 Å². The molecule has 5 nitrogen and oxygen atoms in total. The predicted molar refractivity (Wildman–Crippen MR) is 125 cm³/mol. The molecule has 0 unspecified atom stereocenters. The Balaban J connectivity index is 1.32. The maximum Gasteiger partial charge on any atom is 0.255 e. The maximum atomic E-state index is 12.7. The minimum absolute atomic E-state index is 0.146.